The molecule has 2 saturated heterocycles. The number of carbonyl (C=O) groups excluding carboxylic acids is 2. The molecule has 6 nitrogen and oxygen atoms in total. The van der Waals surface area contributed by atoms with E-state index in [4.69, 9.17) is 16.3 Å². The van der Waals surface area contributed by atoms with Gasteiger partial charge in [0.15, 0.2) is 0 Å². The third-order valence-electron chi connectivity index (χ3n) is 5.57. The van der Waals surface area contributed by atoms with E-state index in [1.807, 2.05) is 0 Å². The van der Waals surface area contributed by atoms with Crippen LogP contribution in [0.3, 0.4) is 0 Å². The Morgan fingerprint density at radius 2 is 1.87 bits per heavy atom. The molecule has 2 aromatic carbocycles. The number of anilines is 1. The minimum Gasteiger partial charge on any atom is -0.447 e. The fraction of sp³-hybridized carbons (Fsp3) is 0.364. The van der Waals surface area contributed by atoms with Gasteiger partial charge in [-0.05, 0) is 62.3 Å². The number of likely N-dealkylation sites (tertiary alicyclic amines) is 1. The highest BCUT2D eigenvalue weighted by Crippen LogP contribution is 2.32. The van der Waals surface area contributed by atoms with Crippen LogP contribution in [0.4, 0.5) is 14.9 Å². The number of ether oxygens (including phenoxy) is 1. The molecule has 0 spiro atoms. The molecular weight excluding hydrogens is 409 g/mol. The first-order valence-corrected chi connectivity index (χ1v) is 10.4. The highest BCUT2D eigenvalue weighted by atomic mass is 35.5. The van der Waals surface area contributed by atoms with Gasteiger partial charge in [0.1, 0.15) is 12.4 Å². The molecule has 2 aromatic rings. The quantitative estimate of drug-likeness (QED) is 0.750. The molecule has 158 valence electrons. The standard InChI is InChI=1S/C22H23ClFN3O3/c23-17-4-3-5-18(24)20(17)19(26-10-1-2-11-26)14-25-21(28)15-6-8-16(9-7-15)27-12-13-30-22(27)29/h3-9,19H,1-2,10-14H2,(H,25,28). The minimum atomic E-state index is -0.387. The highest BCUT2D eigenvalue weighted by molar-refractivity contribution is 6.31. The number of benzene rings is 2. The van der Waals surface area contributed by atoms with Gasteiger partial charge in [0, 0.05) is 28.4 Å². The van der Waals surface area contributed by atoms with Crippen molar-refractivity contribution in [3.8, 4) is 0 Å². The molecule has 8 heteroatoms. The van der Waals surface area contributed by atoms with Gasteiger partial charge >= 0.3 is 6.09 Å². The van der Waals surface area contributed by atoms with Gasteiger partial charge in [0.05, 0.1) is 12.6 Å². The average molecular weight is 432 g/mol. The second-order valence-electron chi connectivity index (χ2n) is 7.42. The minimum absolute atomic E-state index is 0.250. The van der Waals surface area contributed by atoms with Crippen LogP contribution in [0.1, 0.15) is 34.8 Å². The van der Waals surface area contributed by atoms with E-state index in [1.54, 1.807) is 36.4 Å². The summed E-state index contributed by atoms with van der Waals surface area (Å²) in [5.41, 5.74) is 1.57. The summed E-state index contributed by atoms with van der Waals surface area (Å²) < 4.78 is 19.5. The van der Waals surface area contributed by atoms with Crippen molar-refractivity contribution in [1.29, 1.82) is 0 Å². The van der Waals surface area contributed by atoms with E-state index in [1.165, 1.54) is 11.0 Å². The fourth-order valence-corrected chi connectivity index (χ4v) is 4.30. The Hall–Kier alpha value is -2.64. The van der Waals surface area contributed by atoms with Gasteiger partial charge in [-0.15, -0.1) is 0 Å². The van der Waals surface area contributed by atoms with E-state index in [0.717, 1.165) is 25.9 Å². The molecule has 2 aliphatic rings. The van der Waals surface area contributed by atoms with Crippen LogP contribution >= 0.6 is 11.6 Å². The van der Waals surface area contributed by atoms with Crippen molar-refractivity contribution in [2.45, 2.75) is 18.9 Å². The third kappa shape index (κ3) is 4.27. The van der Waals surface area contributed by atoms with Crippen LogP contribution in [0, 0.1) is 5.82 Å². The van der Waals surface area contributed by atoms with E-state index in [2.05, 4.69) is 10.2 Å². The van der Waals surface area contributed by atoms with Crippen molar-refractivity contribution < 1.29 is 18.7 Å². The van der Waals surface area contributed by atoms with Gasteiger partial charge in [-0.1, -0.05) is 17.7 Å². The second kappa shape index (κ2) is 9.02. The Morgan fingerprint density at radius 3 is 2.50 bits per heavy atom. The lowest BCUT2D eigenvalue weighted by molar-refractivity contribution is 0.0937. The van der Waals surface area contributed by atoms with Crippen molar-refractivity contribution in [2.24, 2.45) is 0 Å². The predicted molar refractivity (Wildman–Crippen MR) is 112 cm³/mol. The Kier molecular flexibility index (Phi) is 6.20. The molecule has 1 atom stereocenters. The Labute approximate surface area is 179 Å². The molecule has 0 bridgehead atoms. The molecule has 2 heterocycles. The molecule has 0 aliphatic carbocycles. The largest absolute Gasteiger partial charge is 0.447 e. The third-order valence-corrected chi connectivity index (χ3v) is 5.90. The van der Waals surface area contributed by atoms with Crippen LogP contribution in [0.2, 0.25) is 5.02 Å². The van der Waals surface area contributed by atoms with E-state index in [9.17, 15) is 14.0 Å². The van der Waals surface area contributed by atoms with Crippen molar-refractivity contribution >= 4 is 29.3 Å². The molecule has 4 rings (SSSR count). The first-order valence-electron chi connectivity index (χ1n) is 10.0. The second-order valence-corrected chi connectivity index (χ2v) is 7.82. The number of nitrogens with zero attached hydrogens (tertiary/aromatic N) is 2. The number of hydrogen-bond donors (Lipinski definition) is 1. The maximum absolute atomic E-state index is 14.6. The summed E-state index contributed by atoms with van der Waals surface area (Å²) in [7, 11) is 0. The lowest BCUT2D eigenvalue weighted by Gasteiger charge is -2.29. The molecule has 2 amide bonds. The van der Waals surface area contributed by atoms with Crippen LogP contribution in [-0.2, 0) is 4.74 Å². The summed E-state index contributed by atoms with van der Waals surface area (Å²) in [5.74, 6) is -0.627. The molecule has 0 radical (unpaired) electrons. The Balaban J connectivity index is 1.47. The van der Waals surface area contributed by atoms with E-state index in [-0.39, 0.29) is 30.4 Å². The normalized spacial score (nSPS) is 17.8. The van der Waals surface area contributed by atoms with Gasteiger partial charge in [-0.25, -0.2) is 9.18 Å². The molecule has 2 fully saturated rings. The smallest absolute Gasteiger partial charge is 0.414 e. The summed E-state index contributed by atoms with van der Waals surface area (Å²) in [5, 5.41) is 3.28. The average Bonchev–Trinajstić information content (AvgIpc) is 3.42. The molecule has 2 aliphatic heterocycles. The maximum atomic E-state index is 14.6. The predicted octanol–water partition coefficient (Wildman–Crippen LogP) is 4.00. The first kappa shape index (κ1) is 20.6. The Bertz CT molecular complexity index is 911. The van der Waals surface area contributed by atoms with Crippen LogP contribution in [-0.4, -0.2) is 49.7 Å². The zero-order valence-electron chi connectivity index (χ0n) is 16.4. The molecule has 1 unspecified atom stereocenters. The van der Waals surface area contributed by atoms with Gasteiger partial charge in [0.2, 0.25) is 0 Å². The number of hydrogen-bond acceptors (Lipinski definition) is 4. The summed E-state index contributed by atoms with van der Waals surface area (Å²) in [6.07, 6.45) is 1.69. The number of nitrogens with one attached hydrogen (secondary N) is 1. The van der Waals surface area contributed by atoms with Crippen LogP contribution in [0.25, 0.3) is 0 Å². The number of rotatable bonds is 6. The summed E-state index contributed by atoms with van der Waals surface area (Å²) in [6.45, 7) is 2.78. The zero-order valence-corrected chi connectivity index (χ0v) is 17.2. The topological polar surface area (TPSA) is 61.9 Å². The lowest BCUT2D eigenvalue weighted by Crippen LogP contribution is -2.37. The van der Waals surface area contributed by atoms with Crippen molar-refractivity contribution in [3.05, 3.63) is 64.4 Å². The van der Waals surface area contributed by atoms with E-state index in [0.29, 0.717) is 35.0 Å². The first-order chi connectivity index (χ1) is 14.5. The molecule has 0 aromatic heterocycles. The van der Waals surface area contributed by atoms with Gasteiger partial charge in [-0.3, -0.25) is 14.6 Å². The molecule has 30 heavy (non-hydrogen) atoms. The van der Waals surface area contributed by atoms with Gasteiger partial charge in [0.25, 0.3) is 5.91 Å². The highest BCUT2D eigenvalue weighted by Gasteiger charge is 2.28. The number of amides is 2. The molecule has 0 saturated carbocycles. The Morgan fingerprint density at radius 1 is 1.13 bits per heavy atom. The van der Waals surface area contributed by atoms with Gasteiger partial charge in [-0.2, -0.15) is 0 Å². The molecule has 1 N–H and O–H groups in total. The van der Waals surface area contributed by atoms with E-state index < -0.39 is 0 Å². The zero-order chi connectivity index (χ0) is 21.1. The lowest BCUT2D eigenvalue weighted by atomic mass is 10.0. The number of carbonyl (C=O) groups is 2. The summed E-state index contributed by atoms with van der Waals surface area (Å²) in [6, 6.07) is 11.1. The number of cyclic esters (lactones) is 1. The number of halogens is 2. The van der Waals surface area contributed by atoms with Crippen molar-refractivity contribution in [3.63, 3.8) is 0 Å². The van der Waals surface area contributed by atoms with Crippen LogP contribution in [0.5, 0.6) is 0 Å². The van der Waals surface area contributed by atoms with Crippen LogP contribution in [0.15, 0.2) is 42.5 Å². The fourth-order valence-electron chi connectivity index (χ4n) is 4.01. The summed E-state index contributed by atoms with van der Waals surface area (Å²) in [4.78, 5) is 28.0. The molecular formula is C22H23ClFN3O3. The monoisotopic (exact) mass is 431 g/mol. The summed E-state index contributed by atoms with van der Waals surface area (Å²) >= 11 is 6.30. The maximum Gasteiger partial charge on any atom is 0.414 e. The van der Waals surface area contributed by atoms with Crippen molar-refractivity contribution in [1.82, 2.24) is 10.2 Å². The van der Waals surface area contributed by atoms with Crippen LogP contribution < -0.4 is 10.2 Å². The van der Waals surface area contributed by atoms with E-state index >= 15 is 0 Å². The van der Waals surface area contributed by atoms with Gasteiger partial charge < -0.3 is 10.1 Å². The SMILES string of the molecule is O=C(NCC(c1c(F)cccc1Cl)N1CCCC1)c1ccc(N2CCOC2=O)cc1. The van der Waals surface area contributed by atoms with Crippen molar-refractivity contribution in [2.75, 3.05) is 37.7 Å².